The van der Waals surface area contributed by atoms with Crippen LogP contribution in [0.15, 0.2) is 36.4 Å². The summed E-state index contributed by atoms with van der Waals surface area (Å²) in [6.45, 7) is 11.0. The highest BCUT2D eigenvalue weighted by atomic mass is 19.1. The molecule has 6 nitrogen and oxygen atoms in total. The van der Waals surface area contributed by atoms with Crippen LogP contribution in [-0.4, -0.2) is 56.0 Å². The predicted molar refractivity (Wildman–Crippen MR) is 125 cm³/mol. The molecule has 2 amide bonds. The van der Waals surface area contributed by atoms with Gasteiger partial charge in [0, 0.05) is 62.1 Å². The van der Waals surface area contributed by atoms with Crippen LogP contribution >= 0.6 is 0 Å². The molecule has 7 heteroatoms. The van der Waals surface area contributed by atoms with Gasteiger partial charge in [-0.3, -0.25) is 9.59 Å². The summed E-state index contributed by atoms with van der Waals surface area (Å²) >= 11 is 0. The number of carbonyl (C=O) groups excluding carboxylic acids is 2. The average Bonchev–Trinajstić information content (AvgIpc) is 3.22. The van der Waals surface area contributed by atoms with Crippen molar-refractivity contribution in [1.82, 2.24) is 10.2 Å². The van der Waals surface area contributed by atoms with Gasteiger partial charge in [0.05, 0.1) is 6.04 Å². The molecule has 1 fully saturated rings. The van der Waals surface area contributed by atoms with Crippen LogP contribution in [0.4, 0.5) is 15.8 Å². The van der Waals surface area contributed by atoms with Crippen molar-refractivity contribution in [3.8, 4) is 0 Å². The summed E-state index contributed by atoms with van der Waals surface area (Å²) in [6.07, 6.45) is 0.739. The fraction of sp³-hybridized carbons (Fsp3) is 0.440. The molecule has 1 atom stereocenters. The highest BCUT2D eigenvalue weighted by Gasteiger charge is 2.25. The highest BCUT2D eigenvalue weighted by Crippen LogP contribution is 2.31. The fourth-order valence-electron chi connectivity index (χ4n) is 4.69. The quantitative estimate of drug-likeness (QED) is 0.778. The second kappa shape index (κ2) is 9.28. The number of nitrogens with zero attached hydrogens (tertiary/aromatic N) is 3. The zero-order valence-electron chi connectivity index (χ0n) is 19.0. The molecule has 2 aliphatic rings. The molecular formula is C25H31FN4O2. The molecule has 32 heavy (non-hydrogen) atoms. The van der Waals surface area contributed by atoms with Crippen LogP contribution in [0.2, 0.25) is 0 Å². The molecule has 170 valence electrons. The number of hydrogen-bond acceptors (Lipinski definition) is 4. The fourth-order valence-corrected chi connectivity index (χ4v) is 4.69. The minimum atomic E-state index is -0.348. The molecule has 0 aromatic heterocycles. The molecule has 1 N–H and O–H groups in total. The van der Waals surface area contributed by atoms with Gasteiger partial charge in [0.15, 0.2) is 0 Å². The number of amides is 2. The van der Waals surface area contributed by atoms with Gasteiger partial charge in [-0.2, -0.15) is 0 Å². The molecule has 0 radical (unpaired) electrons. The van der Waals surface area contributed by atoms with Gasteiger partial charge in [-0.1, -0.05) is 6.92 Å². The minimum absolute atomic E-state index is 0.00739. The van der Waals surface area contributed by atoms with Crippen LogP contribution in [0.3, 0.4) is 0 Å². The summed E-state index contributed by atoms with van der Waals surface area (Å²) in [6, 6.07) is 9.93. The predicted octanol–water partition coefficient (Wildman–Crippen LogP) is 3.37. The lowest BCUT2D eigenvalue weighted by Gasteiger charge is -2.37. The summed E-state index contributed by atoms with van der Waals surface area (Å²) in [7, 11) is 0. The molecule has 0 spiro atoms. The SMILES string of the molecule is CCN1CCN(c2ccc(F)cc2C(C)NC(=O)c2ccc3c(c2)CCN3C(C)=O)CC1. The van der Waals surface area contributed by atoms with E-state index in [1.54, 1.807) is 17.9 Å². The number of likely N-dealkylation sites (N-methyl/N-ethyl adjacent to an activating group) is 1. The lowest BCUT2D eigenvalue weighted by atomic mass is 10.0. The smallest absolute Gasteiger partial charge is 0.251 e. The summed E-state index contributed by atoms with van der Waals surface area (Å²) in [5.74, 6) is -0.500. The second-order valence-electron chi connectivity index (χ2n) is 8.58. The Morgan fingerprint density at radius 2 is 1.75 bits per heavy atom. The first kappa shape index (κ1) is 22.3. The maximum absolute atomic E-state index is 14.1. The Kier molecular flexibility index (Phi) is 6.46. The van der Waals surface area contributed by atoms with E-state index in [4.69, 9.17) is 0 Å². The third-order valence-corrected chi connectivity index (χ3v) is 6.58. The van der Waals surface area contributed by atoms with E-state index in [1.165, 1.54) is 12.1 Å². The van der Waals surface area contributed by atoms with Gasteiger partial charge >= 0.3 is 0 Å². The average molecular weight is 439 g/mol. The summed E-state index contributed by atoms with van der Waals surface area (Å²) < 4.78 is 14.1. The van der Waals surface area contributed by atoms with Crippen molar-refractivity contribution < 1.29 is 14.0 Å². The van der Waals surface area contributed by atoms with Gasteiger partial charge < -0.3 is 20.0 Å². The molecular weight excluding hydrogens is 407 g/mol. The molecule has 0 bridgehead atoms. The third-order valence-electron chi connectivity index (χ3n) is 6.58. The van der Waals surface area contributed by atoms with Crippen molar-refractivity contribution in [3.63, 3.8) is 0 Å². The van der Waals surface area contributed by atoms with Crippen LogP contribution in [0.25, 0.3) is 0 Å². The Bertz CT molecular complexity index is 1020. The Labute approximate surface area is 189 Å². The first-order chi connectivity index (χ1) is 15.4. The number of anilines is 2. The number of rotatable bonds is 5. The number of nitrogens with one attached hydrogen (secondary N) is 1. The Balaban J connectivity index is 1.51. The molecule has 2 heterocycles. The number of carbonyl (C=O) groups is 2. The van der Waals surface area contributed by atoms with Crippen LogP contribution in [0.1, 0.15) is 48.3 Å². The van der Waals surface area contributed by atoms with Crippen LogP contribution in [0, 0.1) is 5.82 Å². The molecule has 2 aromatic rings. The zero-order chi connectivity index (χ0) is 22.8. The van der Waals surface area contributed by atoms with Crippen molar-refractivity contribution in [2.75, 3.05) is 49.1 Å². The van der Waals surface area contributed by atoms with Gasteiger partial charge in [-0.25, -0.2) is 4.39 Å². The van der Waals surface area contributed by atoms with Gasteiger partial charge in [0.2, 0.25) is 5.91 Å². The first-order valence-electron chi connectivity index (χ1n) is 11.4. The topological polar surface area (TPSA) is 55.9 Å². The number of halogens is 1. The van der Waals surface area contributed by atoms with E-state index >= 15 is 0 Å². The molecule has 1 saturated heterocycles. The normalized spacial score (nSPS) is 17.2. The summed E-state index contributed by atoms with van der Waals surface area (Å²) in [4.78, 5) is 31.2. The maximum atomic E-state index is 14.1. The van der Waals surface area contributed by atoms with Crippen molar-refractivity contribution in [3.05, 3.63) is 58.9 Å². The van der Waals surface area contributed by atoms with Gasteiger partial charge in [-0.15, -0.1) is 0 Å². The van der Waals surface area contributed by atoms with Crippen molar-refractivity contribution in [2.24, 2.45) is 0 Å². The van der Waals surface area contributed by atoms with E-state index in [9.17, 15) is 14.0 Å². The Hall–Kier alpha value is -2.93. The largest absolute Gasteiger partial charge is 0.369 e. The molecule has 2 aliphatic heterocycles. The molecule has 0 aliphatic carbocycles. The minimum Gasteiger partial charge on any atom is -0.369 e. The summed E-state index contributed by atoms with van der Waals surface area (Å²) in [5, 5.41) is 3.04. The number of benzene rings is 2. The number of fused-ring (bicyclic) bond motifs is 1. The first-order valence-corrected chi connectivity index (χ1v) is 11.4. The molecule has 4 rings (SSSR count). The lowest BCUT2D eigenvalue weighted by Crippen LogP contribution is -2.46. The van der Waals surface area contributed by atoms with Crippen LogP contribution < -0.4 is 15.1 Å². The van der Waals surface area contributed by atoms with Crippen molar-refractivity contribution in [2.45, 2.75) is 33.2 Å². The Morgan fingerprint density at radius 1 is 1.03 bits per heavy atom. The van der Waals surface area contributed by atoms with Crippen LogP contribution in [-0.2, 0) is 11.2 Å². The molecule has 1 unspecified atom stereocenters. The lowest BCUT2D eigenvalue weighted by molar-refractivity contribution is -0.116. The highest BCUT2D eigenvalue weighted by molar-refractivity contribution is 5.98. The maximum Gasteiger partial charge on any atom is 0.251 e. The molecule has 0 saturated carbocycles. The monoisotopic (exact) mass is 438 g/mol. The van der Waals surface area contributed by atoms with E-state index in [-0.39, 0.29) is 23.7 Å². The van der Waals surface area contributed by atoms with E-state index in [0.29, 0.717) is 12.1 Å². The zero-order valence-corrected chi connectivity index (χ0v) is 19.0. The standard InChI is InChI=1S/C25H31FN4O2/c1-4-28-11-13-29(14-12-28)24-8-6-21(26)16-22(24)17(2)27-25(32)20-5-7-23-19(15-20)9-10-30(23)18(3)31/h5-8,15-17H,4,9-14H2,1-3H3,(H,27,32). The van der Waals surface area contributed by atoms with E-state index < -0.39 is 0 Å². The number of piperazine rings is 1. The van der Waals surface area contributed by atoms with Crippen molar-refractivity contribution >= 4 is 23.2 Å². The second-order valence-corrected chi connectivity index (χ2v) is 8.58. The Morgan fingerprint density at radius 3 is 2.44 bits per heavy atom. The van der Waals surface area contributed by atoms with Gasteiger partial charge in [0.25, 0.3) is 5.91 Å². The summed E-state index contributed by atoms with van der Waals surface area (Å²) in [5.41, 5.74) is 4.19. The van der Waals surface area contributed by atoms with E-state index in [0.717, 1.165) is 61.6 Å². The molecule has 2 aromatic carbocycles. The van der Waals surface area contributed by atoms with Crippen LogP contribution in [0.5, 0.6) is 0 Å². The van der Waals surface area contributed by atoms with E-state index in [2.05, 4.69) is 22.0 Å². The van der Waals surface area contributed by atoms with Gasteiger partial charge in [-0.05, 0) is 61.9 Å². The number of hydrogen-bond donors (Lipinski definition) is 1. The van der Waals surface area contributed by atoms with Crippen molar-refractivity contribution in [1.29, 1.82) is 0 Å². The van der Waals surface area contributed by atoms with E-state index in [1.807, 2.05) is 25.1 Å². The third kappa shape index (κ3) is 4.48. The van der Waals surface area contributed by atoms with Gasteiger partial charge in [0.1, 0.15) is 5.82 Å².